The van der Waals surface area contributed by atoms with Crippen LogP contribution in [0.25, 0.3) is 0 Å². The van der Waals surface area contributed by atoms with Crippen LogP contribution in [0.5, 0.6) is 0 Å². The average Bonchev–Trinajstić information content (AvgIpc) is 2.29. The summed E-state index contributed by atoms with van der Waals surface area (Å²) in [5.74, 6) is -2.57. The van der Waals surface area contributed by atoms with Gasteiger partial charge >= 0.3 is 0 Å². The quantitative estimate of drug-likeness (QED) is 0.781. The number of halogens is 3. The van der Waals surface area contributed by atoms with Gasteiger partial charge in [0, 0.05) is 18.4 Å². The maximum absolute atomic E-state index is 13.4. The lowest BCUT2D eigenvalue weighted by molar-refractivity contribution is 0.0769. The minimum atomic E-state index is -1.08. The predicted molar refractivity (Wildman–Crippen MR) is 61.7 cm³/mol. The van der Waals surface area contributed by atoms with Crippen LogP contribution in [0.3, 0.4) is 0 Å². The Hall–Kier alpha value is -0.970. The molecule has 88 valence electrons. The molecule has 5 heteroatoms. The van der Waals surface area contributed by atoms with Gasteiger partial charge in [-0.1, -0.05) is 22.0 Å². The summed E-state index contributed by atoms with van der Waals surface area (Å²) in [6.07, 6.45) is 0. The smallest absolute Gasteiger partial charge is 0.256 e. The molecule has 0 aliphatic heterocycles. The molecule has 1 aromatic rings. The number of benzene rings is 1. The molecule has 1 amide bonds. The molecule has 0 fully saturated rings. The van der Waals surface area contributed by atoms with E-state index in [0.29, 0.717) is 18.4 Å². The number of alkyl halides is 1. The number of hydrogen-bond donors (Lipinski definition) is 0. The predicted octanol–water partition coefficient (Wildman–Crippen LogP) is 2.82. The topological polar surface area (TPSA) is 20.3 Å². The molecule has 2 nitrogen and oxygen atoms in total. The van der Waals surface area contributed by atoms with Crippen molar-refractivity contribution in [2.45, 2.75) is 6.92 Å². The highest BCUT2D eigenvalue weighted by Gasteiger charge is 2.19. The van der Waals surface area contributed by atoms with E-state index in [1.807, 2.05) is 0 Å². The number of nitrogens with zero attached hydrogens (tertiary/aromatic N) is 1. The standard InChI is InChI=1S/C11H12BrF2NO/c1-2-15(7-6-12)11(16)8-4-3-5-9(13)10(8)14/h3-5H,2,6-7H2,1H3. The van der Waals surface area contributed by atoms with Crippen molar-refractivity contribution < 1.29 is 13.6 Å². The molecule has 16 heavy (non-hydrogen) atoms. The van der Waals surface area contributed by atoms with Crippen molar-refractivity contribution in [1.29, 1.82) is 0 Å². The Labute approximate surface area is 101 Å². The molecule has 0 bridgehead atoms. The molecule has 0 radical (unpaired) electrons. The van der Waals surface area contributed by atoms with E-state index in [1.165, 1.54) is 17.0 Å². The fraction of sp³-hybridized carbons (Fsp3) is 0.364. The van der Waals surface area contributed by atoms with Crippen LogP contribution >= 0.6 is 15.9 Å². The molecule has 0 atom stereocenters. The summed E-state index contributed by atoms with van der Waals surface area (Å²) in [5, 5.41) is 0.601. The van der Waals surface area contributed by atoms with E-state index in [1.54, 1.807) is 6.92 Å². The highest BCUT2D eigenvalue weighted by atomic mass is 79.9. The SMILES string of the molecule is CCN(CCBr)C(=O)c1cccc(F)c1F. The van der Waals surface area contributed by atoms with Gasteiger partial charge in [-0.25, -0.2) is 8.78 Å². The van der Waals surface area contributed by atoms with Crippen molar-refractivity contribution in [2.24, 2.45) is 0 Å². The number of carbonyl (C=O) groups excluding carboxylic acids is 1. The Balaban J connectivity index is 2.99. The summed E-state index contributed by atoms with van der Waals surface area (Å²) in [4.78, 5) is 13.3. The Bertz CT molecular complexity index is 384. The van der Waals surface area contributed by atoms with Crippen LogP contribution in [0, 0.1) is 11.6 Å². The highest BCUT2D eigenvalue weighted by Crippen LogP contribution is 2.13. The second kappa shape index (κ2) is 5.94. The zero-order chi connectivity index (χ0) is 12.1. The number of carbonyl (C=O) groups is 1. The Morgan fingerprint density at radius 1 is 1.44 bits per heavy atom. The van der Waals surface area contributed by atoms with Crippen LogP contribution in [0.4, 0.5) is 8.78 Å². The van der Waals surface area contributed by atoms with Gasteiger partial charge in [-0.15, -0.1) is 0 Å². The Morgan fingerprint density at radius 3 is 2.69 bits per heavy atom. The van der Waals surface area contributed by atoms with Crippen molar-refractivity contribution in [2.75, 3.05) is 18.4 Å². The Morgan fingerprint density at radius 2 is 2.12 bits per heavy atom. The molecule has 1 aromatic carbocycles. The first kappa shape index (κ1) is 13.1. The summed E-state index contributed by atoms with van der Waals surface area (Å²) in [6.45, 7) is 2.71. The fourth-order valence-electron chi connectivity index (χ4n) is 1.34. The van der Waals surface area contributed by atoms with Crippen molar-refractivity contribution in [3.05, 3.63) is 35.4 Å². The number of rotatable bonds is 4. The maximum atomic E-state index is 13.4. The van der Waals surface area contributed by atoms with Crippen molar-refractivity contribution in [3.63, 3.8) is 0 Å². The molecule has 0 aliphatic rings. The van der Waals surface area contributed by atoms with E-state index in [4.69, 9.17) is 0 Å². The molecule has 0 aromatic heterocycles. The van der Waals surface area contributed by atoms with E-state index >= 15 is 0 Å². The summed E-state index contributed by atoms with van der Waals surface area (Å²) < 4.78 is 26.3. The van der Waals surface area contributed by atoms with Crippen LogP contribution in [0.1, 0.15) is 17.3 Å². The van der Waals surface area contributed by atoms with E-state index in [-0.39, 0.29) is 5.56 Å². The first-order chi connectivity index (χ1) is 7.61. The first-order valence-electron chi connectivity index (χ1n) is 4.91. The van der Waals surface area contributed by atoms with E-state index < -0.39 is 17.5 Å². The third-order valence-electron chi connectivity index (χ3n) is 2.21. The van der Waals surface area contributed by atoms with Crippen LogP contribution in [0.2, 0.25) is 0 Å². The van der Waals surface area contributed by atoms with Gasteiger partial charge in [-0.2, -0.15) is 0 Å². The maximum Gasteiger partial charge on any atom is 0.256 e. The monoisotopic (exact) mass is 291 g/mol. The van der Waals surface area contributed by atoms with Gasteiger partial charge in [-0.3, -0.25) is 4.79 Å². The average molecular weight is 292 g/mol. The van der Waals surface area contributed by atoms with Crippen LogP contribution in [-0.4, -0.2) is 29.2 Å². The normalized spacial score (nSPS) is 10.2. The van der Waals surface area contributed by atoms with Gasteiger partial charge in [0.1, 0.15) is 0 Å². The van der Waals surface area contributed by atoms with Gasteiger partial charge in [0.25, 0.3) is 5.91 Å². The zero-order valence-corrected chi connectivity index (χ0v) is 10.4. The number of amides is 1. The third kappa shape index (κ3) is 2.78. The van der Waals surface area contributed by atoms with Gasteiger partial charge in [0.15, 0.2) is 11.6 Å². The van der Waals surface area contributed by atoms with E-state index in [9.17, 15) is 13.6 Å². The lowest BCUT2D eigenvalue weighted by Gasteiger charge is -2.19. The second-order valence-electron chi connectivity index (χ2n) is 3.18. The third-order valence-corrected chi connectivity index (χ3v) is 2.56. The molecular formula is C11H12BrF2NO. The van der Waals surface area contributed by atoms with Gasteiger partial charge in [0.05, 0.1) is 5.56 Å². The van der Waals surface area contributed by atoms with E-state index in [2.05, 4.69) is 15.9 Å². The van der Waals surface area contributed by atoms with Gasteiger partial charge in [-0.05, 0) is 19.1 Å². The summed E-state index contributed by atoms with van der Waals surface area (Å²) >= 11 is 3.20. The minimum Gasteiger partial charge on any atom is -0.338 e. The van der Waals surface area contributed by atoms with Crippen molar-refractivity contribution in [3.8, 4) is 0 Å². The minimum absolute atomic E-state index is 0.220. The molecule has 0 heterocycles. The first-order valence-corrected chi connectivity index (χ1v) is 6.03. The van der Waals surface area contributed by atoms with E-state index in [0.717, 1.165) is 6.07 Å². The zero-order valence-electron chi connectivity index (χ0n) is 8.84. The van der Waals surface area contributed by atoms with Crippen LogP contribution in [-0.2, 0) is 0 Å². The molecule has 0 unspecified atom stereocenters. The van der Waals surface area contributed by atoms with Gasteiger partial charge in [0.2, 0.25) is 0 Å². The van der Waals surface area contributed by atoms with Crippen LogP contribution in [0.15, 0.2) is 18.2 Å². The highest BCUT2D eigenvalue weighted by molar-refractivity contribution is 9.09. The summed E-state index contributed by atoms with van der Waals surface area (Å²) in [5.41, 5.74) is -0.220. The lowest BCUT2D eigenvalue weighted by Crippen LogP contribution is -2.33. The molecule has 1 rings (SSSR count). The fourth-order valence-corrected chi connectivity index (χ4v) is 1.77. The lowest BCUT2D eigenvalue weighted by atomic mass is 10.2. The molecular weight excluding hydrogens is 280 g/mol. The molecule has 0 saturated heterocycles. The molecule has 0 aliphatic carbocycles. The molecule has 0 spiro atoms. The second-order valence-corrected chi connectivity index (χ2v) is 3.97. The largest absolute Gasteiger partial charge is 0.338 e. The number of hydrogen-bond acceptors (Lipinski definition) is 1. The Kier molecular flexibility index (Phi) is 4.86. The summed E-state index contributed by atoms with van der Waals surface area (Å²) in [7, 11) is 0. The van der Waals surface area contributed by atoms with Crippen molar-refractivity contribution in [1.82, 2.24) is 4.90 Å². The van der Waals surface area contributed by atoms with Crippen LogP contribution < -0.4 is 0 Å². The van der Waals surface area contributed by atoms with Crippen molar-refractivity contribution >= 4 is 21.8 Å². The van der Waals surface area contributed by atoms with Gasteiger partial charge < -0.3 is 4.90 Å². The molecule has 0 N–H and O–H groups in total. The molecule has 0 saturated carbocycles. The summed E-state index contributed by atoms with van der Waals surface area (Å²) in [6, 6.07) is 3.61.